The molecule has 0 spiro atoms. The molecule has 0 bridgehead atoms. The van der Waals surface area contributed by atoms with Crippen molar-refractivity contribution < 1.29 is 33.0 Å². The summed E-state index contributed by atoms with van der Waals surface area (Å²) in [6, 6.07) is 3.45. The number of nitrogens with zero attached hydrogens (tertiary/aromatic N) is 2. The van der Waals surface area contributed by atoms with E-state index in [1.54, 1.807) is 12.1 Å². The van der Waals surface area contributed by atoms with Crippen LogP contribution in [-0.4, -0.2) is 47.4 Å². The number of amides is 3. The molecule has 9 nitrogen and oxygen atoms in total. The number of pyridine rings is 1. The molecule has 0 radical (unpaired) electrons. The average molecular weight is 455 g/mol. The van der Waals surface area contributed by atoms with E-state index in [0.29, 0.717) is 49.6 Å². The zero-order valence-corrected chi connectivity index (χ0v) is 16.7. The van der Waals surface area contributed by atoms with Crippen molar-refractivity contribution in [3.8, 4) is 0 Å². The number of anilines is 2. The van der Waals surface area contributed by atoms with Gasteiger partial charge in [0.25, 0.3) is 5.91 Å². The Labute approximate surface area is 180 Å². The van der Waals surface area contributed by atoms with E-state index in [-0.39, 0.29) is 5.02 Å². The van der Waals surface area contributed by atoms with Crippen LogP contribution in [0.25, 0.3) is 0 Å². The van der Waals surface area contributed by atoms with Gasteiger partial charge in [-0.3, -0.25) is 10.1 Å². The summed E-state index contributed by atoms with van der Waals surface area (Å²) in [5.74, 6) is -3.09. The maximum absolute atomic E-state index is 13.4. The molecule has 1 saturated heterocycles. The molecular weight excluding hydrogens is 438 g/mol. The summed E-state index contributed by atoms with van der Waals surface area (Å²) in [6.45, 7) is 0.878. The molecule has 1 aromatic heterocycles. The fourth-order valence-corrected chi connectivity index (χ4v) is 3.33. The number of imide groups is 1. The Balaban J connectivity index is 1.66. The molecule has 0 atom stereocenters. The van der Waals surface area contributed by atoms with E-state index in [2.05, 4.69) is 10.3 Å². The summed E-state index contributed by atoms with van der Waals surface area (Å²) in [7, 11) is 0. The molecule has 0 unspecified atom stereocenters. The number of carboxylic acid groups (broad SMARTS) is 1. The van der Waals surface area contributed by atoms with Crippen molar-refractivity contribution in [2.45, 2.75) is 18.9 Å². The average Bonchev–Trinajstić information content (AvgIpc) is 2.71. The SMILES string of the molecule is O=C(NC(=O)c1cc(F)c(F)cc1Cl)Nc1cccnc1N1CCC(OC(=O)O)CC1. The molecule has 0 saturated carbocycles. The third kappa shape index (κ3) is 5.57. The van der Waals surface area contributed by atoms with Crippen LogP contribution in [0.2, 0.25) is 5.02 Å². The lowest BCUT2D eigenvalue weighted by molar-refractivity contribution is 0.0415. The van der Waals surface area contributed by atoms with E-state index >= 15 is 0 Å². The molecule has 1 aliphatic heterocycles. The Morgan fingerprint density at radius 1 is 1.19 bits per heavy atom. The lowest BCUT2D eigenvalue weighted by atomic mass is 10.1. The van der Waals surface area contributed by atoms with Crippen molar-refractivity contribution in [3.63, 3.8) is 0 Å². The zero-order chi connectivity index (χ0) is 22.5. The summed E-state index contributed by atoms with van der Waals surface area (Å²) >= 11 is 5.75. The highest BCUT2D eigenvalue weighted by atomic mass is 35.5. The molecule has 2 heterocycles. The van der Waals surface area contributed by atoms with Crippen LogP contribution in [0.1, 0.15) is 23.2 Å². The van der Waals surface area contributed by atoms with Crippen molar-refractivity contribution in [2.75, 3.05) is 23.3 Å². The minimum absolute atomic E-state index is 0.293. The van der Waals surface area contributed by atoms with Gasteiger partial charge in [-0.1, -0.05) is 11.6 Å². The van der Waals surface area contributed by atoms with Crippen LogP contribution >= 0.6 is 11.6 Å². The maximum Gasteiger partial charge on any atom is 0.506 e. The Bertz CT molecular complexity index is 1010. The predicted molar refractivity (Wildman–Crippen MR) is 106 cm³/mol. The van der Waals surface area contributed by atoms with Gasteiger partial charge in [0.15, 0.2) is 17.5 Å². The summed E-state index contributed by atoms with van der Waals surface area (Å²) in [6.07, 6.45) is 0.657. The van der Waals surface area contributed by atoms with Crippen molar-refractivity contribution in [1.82, 2.24) is 10.3 Å². The highest BCUT2D eigenvalue weighted by Gasteiger charge is 2.25. The second-order valence-corrected chi connectivity index (χ2v) is 7.01. The molecule has 2 aromatic rings. The van der Waals surface area contributed by atoms with Gasteiger partial charge in [0, 0.05) is 32.1 Å². The van der Waals surface area contributed by atoms with Gasteiger partial charge in [0.05, 0.1) is 16.3 Å². The number of hydrogen-bond acceptors (Lipinski definition) is 6. The van der Waals surface area contributed by atoms with Crippen molar-refractivity contribution >= 4 is 41.2 Å². The van der Waals surface area contributed by atoms with E-state index in [1.165, 1.54) is 6.20 Å². The Kier molecular flexibility index (Phi) is 6.85. The third-order valence-corrected chi connectivity index (χ3v) is 4.84. The first-order valence-electron chi connectivity index (χ1n) is 9.11. The minimum atomic E-state index is -1.33. The number of urea groups is 1. The molecule has 1 aromatic carbocycles. The normalized spacial score (nSPS) is 14.1. The molecule has 164 valence electrons. The van der Waals surface area contributed by atoms with Crippen molar-refractivity contribution in [3.05, 3.63) is 52.7 Å². The number of piperidine rings is 1. The number of nitrogens with one attached hydrogen (secondary N) is 2. The molecule has 0 aliphatic carbocycles. The number of halogens is 3. The summed E-state index contributed by atoms with van der Waals surface area (Å²) in [5.41, 5.74) is -0.107. The monoisotopic (exact) mass is 454 g/mol. The van der Waals surface area contributed by atoms with Gasteiger partial charge in [-0.05, 0) is 24.3 Å². The van der Waals surface area contributed by atoms with E-state index in [1.807, 2.05) is 10.2 Å². The molecule has 3 rings (SSSR count). The van der Waals surface area contributed by atoms with E-state index in [0.717, 1.165) is 0 Å². The van der Waals surface area contributed by atoms with Crippen LogP contribution in [0, 0.1) is 11.6 Å². The second kappa shape index (κ2) is 9.56. The summed E-state index contributed by atoms with van der Waals surface area (Å²) in [4.78, 5) is 41.2. The van der Waals surface area contributed by atoms with Crippen molar-refractivity contribution in [2.24, 2.45) is 0 Å². The first kappa shape index (κ1) is 22.2. The van der Waals surface area contributed by atoms with Crippen LogP contribution in [0.5, 0.6) is 0 Å². The summed E-state index contributed by atoms with van der Waals surface area (Å²) in [5, 5.41) is 12.8. The van der Waals surface area contributed by atoms with Gasteiger partial charge in [-0.2, -0.15) is 0 Å². The number of aromatic nitrogens is 1. The van der Waals surface area contributed by atoms with Crippen LogP contribution in [-0.2, 0) is 4.74 Å². The molecule has 1 aliphatic rings. The number of carbonyl (C=O) groups excluding carboxylic acids is 2. The first-order chi connectivity index (χ1) is 14.7. The number of benzene rings is 1. The fraction of sp³-hybridized carbons (Fsp3) is 0.263. The molecule has 3 N–H and O–H groups in total. The predicted octanol–water partition coefficient (Wildman–Crippen LogP) is 3.64. The minimum Gasteiger partial charge on any atom is -0.450 e. The quantitative estimate of drug-likeness (QED) is 0.476. The largest absolute Gasteiger partial charge is 0.506 e. The Morgan fingerprint density at radius 3 is 2.55 bits per heavy atom. The van der Waals surface area contributed by atoms with Gasteiger partial charge < -0.3 is 20.1 Å². The summed E-state index contributed by atoms with van der Waals surface area (Å²) < 4.78 is 31.3. The lowest BCUT2D eigenvalue weighted by Gasteiger charge is -2.32. The van der Waals surface area contributed by atoms with Crippen LogP contribution < -0.4 is 15.5 Å². The van der Waals surface area contributed by atoms with Gasteiger partial charge in [0.1, 0.15) is 6.10 Å². The topological polar surface area (TPSA) is 121 Å². The number of ether oxygens (including phenoxy) is 1. The van der Waals surface area contributed by atoms with Crippen LogP contribution in [0.15, 0.2) is 30.5 Å². The van der Waals surface area contributed by atoms with Crippen LogP contribution in [0.4, 0.5) is 29.9 Å². The highest BCUT2D eigenvalue weighted by molar-refractivity contribution is 6.34. The smallest absolute Gasteiger partial charge is 0.450 e. The standard InChI is InChI=1S/C19H17ClF2N4O5/c20-12-9-14(22)13(21)8-11(12)17(27)25-18(28)24-15-2-1-5-23-16(15)26-6-3-10(4-7-26)31-19(29)30/h1-2,5,8-10H,3-4,6-7H2,(H,29,30)(H2,24,25,27,28). The van der Waals surface area contributed by atoms with Gasteiger partial charge >= 0.3 is 12.2 Å². The zero-order valence-electron chi connectivity index (χ0n) is 15.9. The maximum atomic E-state index is 13.4. The molecule has 1 fully saturated rings. The fourth-order valence-electron chi connectivity index (χ4n) is 3.10. The van der Waals surface area contributed by atoms with E-state index in [9.17, 15) is 23.2 Å². The van der Waals surface area contributed by atoms with Gasteiger partial charge in [-0.15, -0.1) is 0 Å². The Hall–Kier alpha value is -3.47. The van der Waals surface area contributed by atoms with Crippen LogP contribution in [0.3, 0.4) is 0 Å². The number of rotatable bonds is 4. The molecule has 12 heteroatoms. The first-order valence-corrected chi connectivity index (χ1v) is 9.49. The van der Waals surface area contributed by atoms with Crippen molar-refractivity contribution in [1.29, 1.82) is 0 Å². The molecule has 31 heavy (non-hydrogen) atoms. The lowest BCUT2D eigenvalue weighted by Crippen LogP contribution is -2.39. The number of hydrogen-bond donors (Lipinski definition) is 3. The second-order valence-electron chi connectivity index (χ2n) is 6.60. The van der Waals surface area contributed by atoms with Gasteiger partial charge in [-0.25, -0.2) is 23.4 Å². The van der Waals surface area contributed by atoms with E-state index in [4.69, 9.17) is 21.4 Å². The van der Waals surface area contributed by atoms with Gasteiger partial charge in [0.2, 0.25) is 0 Å². The molecular formula is C19H17ClF2N4O5. The third-order valence-electron chi connectivity index (χ3n) is 4.53. The van der Waals surface area contributed by atoms with E-state index < -0.39 is 41.4 Å². The molecule has 3 amide bonds. The Morgan fingerprint density at radius 2 is 1.87 bits per heavy atom. The highest BCUT2D eigenvalue weighted by Crippen LogP contribution is 2.27. The number of carbonyl (C=O) groups is 3.